The highest BCUT2D eigenvalue weighted by molar-refractivity contribution is 5.77. The Morgan fingerprint density at radius 1 is 0.864 bits per heavy atom. The lowest BCUT2D eigenvalue weighted by Gasteiger charge is -2.21. The third-order valence-corrected chi connectivity index (χ3v) is 4.15. The smallest absolute Gasteiger partial charge is 0.126 e. The molecule has 1 heterocycles. The standard InChI is InChI=1S/C19H15FN2/c1-12-21-18(14-6-9-15(20)10-7-14)17-11-8-13-4-2-3-5-16(13)19(17)22-12/h2-7,9-10H,8,11H2,1H3. The maximum absolute atomic E-state index is 13.2. The van der Waals surface area contributed by atoms with Crippen LogP contribution in [0.2, 0.25) is 0 Å². The SMILES string of the molecule is Cc1nc(-c2ccc(F)cc2)c2c(n1)-c1ccccc1CC2. The molecule has 0 saturated carbocycles. The van der Waals surface area contributed by atoms with Crippen molar-refractivity contribution in [3.8, 4) is 22.5 Å². The van der Waals surface area contributed by atoms with Crippen molar-refractivity contribution in [2.75, 3.05) is 0 Å². The van der Waals surface area contributed by atoms with Crippen LogP contribution in [0.5, 0.6) is 0 Å². The molecule has 3 aromatic rings. The van der Waals surface area contributed by atoms with E-state index in [4.69, 9.17) is 0 Å². The fraction of sp³-hybridized carbons (Fsp3) is 0.158. The van der Waals surface area contributed by atoms with Gasteiger partial charge in [0, 0.05) is 16.7 Å². The van der Waals surface area contributed by atoms with E-state index in [1.165, 1.54) is 23.3 Å². The highest BCUT2D eigenvalue weighted by atomic mass is 19.1. The van der Waals surface area contributed by atoms with Gasteiger partial charge in [-0.15, -0.1) is 0 Å². The molecule has 0 atom stereocenters. The Labute approximate surface area is 128 Å². The molecule has 0 bridgehead atoms. The van der Waals surface area contributed by atoms with Gasteiger partial charge < -0.3 is 0 Å². The predicted molar refractivity (Wildman–Crippen MR) is 85.0 cm³/mol. The van der Waals surface area contributed by atoms with Crippen LogP contribution in [-0.4, -0.2) is 9.97 Å². The van der Waals surface area contributed by atoms with Crippen molar-refractivity contribution in [2.45, 2.75) is 19.8 Å². The van der Waals surface area contributed by atoms with E-state index in [9.17, 15) is 4.39 Å². The van der Waals surface area contributed by atoms with Crippen LogP contribution < -0.4 is 0 Å². The quantitative estimate of drug-likeness (QED) is 0.665. The zero-order chi connectivity index (χ0) is 15.1. The molecule has 0 spiro atoms. The van der Waals surface area contributed by atoms with E-state index < -0.39 is 0 Å². The van der Waals surface area contributed by atoms with Crippen molar-refractivity contribution in [3.05, 3.63) is 71.3 Å². The summed E-state index contributed by atoms with van der Waals surface area (Å²) in [4.78, 5) is 9.30. The topological polar surface area (TPSA) is 25.8 Å². The normalized spacial score (nSPS) is 12.6. The Balaban J connectivity index is 1.96. The van der Waals surface area contributed by atoms with Gasteiger partial charge in [0.05, 0.1) is 11.4 Å². The van der Waals surface area contributed by atoms with E-state index >= 15 is 0 Å². The van der Waals surface area contributed by atoms with Gasteiger partial charge in [-0.2, -0.15) is 0 Å². The summed E-state index contributed by atoms with van der Waals surface area (Å²) in [6, 6.07) is 14.9. The molecule has 1 aromatic heterocycles. The molecule has 108 valence electrons. The Morgan fingerprint density at radius 2 is 1.59 bits per heavy atom. The van der Waals surface area contributed by atoms with E-state index in [2.05, 4.69) is 28.2 Å². The van der Waals surface area contributed by atoms with Gasteiger partial charge in [-0.25, -0.2) is 14.4 Å². The number of aryl methyl sites for hydroxylation is 2. The van der Waals surface area contributed by atoms with Gasteiger partial charge in [0.2, 0.25) is 0 Å². The van der Waals surface area contributed by atoms with Gasteiger partial charge in [-0.3, -0.25) is 0 Å². The molecule has 0 N–H and O–H groups in total. The van der Waals surface area contributed by atoms with Gasteiger partial charge >= 0.3 is 0 Å². The molecular formula is C19H15FN2. The number of hydrogen-bond donors (Lipinski definition) is 0. The first-order chi connectivity index (χ1) is 10.7. The first-order valence-electron chi connectivity index (χ1n) is 7.44. The van der Waals surface area contributed by atoms with E-state index in [1.807, 2.05) is 13.0 Å². The lowest BCUT2D eigenvalue weighted by atomic mass is 9.87. The van der Waals surface area contributed by atoms with Crippen molar-refractivity contribution in [1.29, 1.82) is 0 Å². The van der Waals surface area contributed by atoms with Crippen molar-refractivity contribution in [2.24, 2.45) is 0 Å². The number of fused-ring (bicyclic) bond motifs is 3. The minimum absolute atomic E-state index is 0.228. The summed E-state index contributed by atoms with van der Waals surface area (Å²) < 4.78 is 13.2. The third kappa shape index (κ3) is 2.10. The maximum atomic E-state index is 13.2. The van der Waals surface area contributed by atoms with E-state index in [-0.39, 0.29) is 5.82 Å². The second-order valence-electron chi connectivity index (χ2n) is 5.61. The fourth-order valence-corrected chi connectivity index (χ4v) is 3.13. The van der Waals surface area contributed by atoms with Crippen LogP contribution in [0, 0.1) is 12.7 Å². The van der Waals surface area contributed by atoms with Crippen LogP contribution in [0.25, 0.3) is 22.5 Å². The van der Waals surface area contributed by atoms with Crippen LogP contribution in [0.3, 0.4) is 0 Å². The summed E-state index contributed by atoms with van der Waals surface area (Å²) in [6.45, 7) is 1.91. The molecule has 2 aromatic carbocycles. The van der Waals surface area contributed by atoms with Crippen LogP contribution in [0.15, 0.2) is 48.5 Å². The lowest BCUT2D eigenvalue weighted by Crippen LogP contribution is -2.10. The number of nitrogens with zero attached hydrogens (tertiary/aromatic N) is 2. The molecule has 0 amide bonds. The van der Waals surface area contributed by atoms with Crippen LogP contribution >= 0.6 is 0 Å². The van der Waals surface area contributed by atoms with Crippen molar-refractivity contribution in [3.63, 3.8) is 0 Å². The number of aromatic nitrogens is 2. The number of rotatable bonds is 1. The van der Waals surface area contributed by atoms with E-state index in [0.717, 1.165) is 41.2 Å². The minimum atomic E-state index is -0.228. The van der Waals surface area contributed by atoms with Crippen molar-refractivity contribution < 1.29 is 4.39 Å². The number of halogens is 1. The molecular weight excluding hydrogens is 275 g/mol. The fourth-order valence-electron chi connectivity index (χ4n) is 3.13. The lowest BCUT2D eigenvalue weighted by molar-refractivity contribution is 0.628. The Bertz CT molecular complexity index is 854. The van der Waals surface area contributed by atoms with Gasteiger partial charge in [0.25, 0.3) is 0 Å². The molecule has 0 saturated heterocycles. The average Bonchev–Trinajstić information content (AvgIpc) is 2.55. The number of hydrogen-bond acceptors (Lipinski definition) is 2. The second kappa shape index (κ2) is 5.02. The summed E-state index contributed by atoms with van der Waals surface area (Å²) in [5, 5.41) is 0. The summed E-state index contributed by atoms with van der Waals surface area (Å²) in [6.07, 6.45) is 1.91. The minimum Gasteiger partial charge on any atom is -0.233 e. The van der Waals surface area contributed by atoms with Crippen LogP contribution in [0.4, 0.5) is 4.39 Å². The van der Waals surface area contributed by atoms with Gasteiger partial charge in [-0.05, 0) is 49.6 Å². The monoisotopic (exact) mass is 290 g/mol. The molecule has 0 unspecified atom stereocenters. The molecule has 0 radical (unpaired) electrons. The predicted octanol–water partition coefficient (Wildman–Crippen LogP) is 4.36. The molecule has 2 nitrogen and oxygen atoms in total. The zero-order valence-electron chi connectivity index (χ0n) is 12.3. The summed E-state index contributed by atoms with van der Waals surface area (Å²) in [5.74, 6) is 0.517. The first kappa shape index (κ1) is 13.1. The van der Waals surface area contributed by atoms with E-state index in [0.29, 0.717) is 0 Å². The van der Waals surface area contributed by atoms with Gasteiger partial charge in [-0.1, -0.05) is 24.3 Å². The van der Waals surface area contributed by atoms with Crippen molar-refractivity contribution >= 4 is 0 Å². The average molecular weight is 290 g/mol. The zero-order valence-corrected chi connectivity index (χ0v) is 12.3. The Hall–Kier alpha value is -2.55. The van der Waals surface area contributed by atoms with Crippen molar-refractivity contribution in [1.82, 2.24) is 9.97 Å². The molecule has 3 heteroatoms. The Morgan fingerprint density at radius 3 is 2.41 bits per heavy atom. The number of benzene rings is 2. The highest BCUT2D eigenvalue weighted by Gasteiger charge is 2.22. The van der Waals surface area contributed by atoms with Gasteiger partial charge in [0.15, 0.2) is 0 Å². The molecule has 4 rings (SSSR count). The van der Waals surface area contributed by atoms with Crippen LogP contribution in [0.1, 0.15) is 17.0 Å². The highest BCUT2D eigenvalue weighted by Crippen LogP contribution is 2.36. The largest absolute Gasteiger partial charge is 0.233 e. The van der Waals surface area contributed by atoms with Gasteiger partial charge in [0.1, 0.15) is 11.6 Å². The summed E-state index contributed by atoms with van der Waals surface area (Å²) in [5.41, 5.74) is 6.58. The Kier molecular flexibility index (Phi) is 3.00. The molecule has 1 aliphatic carbocycles. The maximum Gasteiger partial charge on any atom is 0.126 e. The second-order valence-corrected chi connectivity index (χ2v) is 5.61. The molecule has 22 heavy (non-hydrogen) atoms. The first-order valence-corrected chi connectivity index (χ1v) is 7.44. The van der Waals surface area contributed by atoms with Crippen LogP contribution in [-0.2, 0) is 12.8 Å². The molecule has 0 aliphatic heterocycles. The molecule has 1 aliphatic rings. The summed E-state index contributed by atoms with van der Waals surface area (Å²) >= 11 is 0. The summed E-state index contributed by atoms with van der Waals surface area (Å²) in [7, 11) is 0. The molecule has 0 fully saturated rings. The third-order valence-electron chi connectivity index (χ3n) is 4.15. The van der Waals surface area contributed by atoms with E-state index in [1.54, 1.807) is 12.1 Å².